The molecule has 2 rings (SSSR count). The smallest absolute Gasteiger partial charge is 0.435 e. The van der Waals surface area contributed by atoms with Gasteiger partial charge in [-0.3, -0.25) is 5.32 Å². The van der Waals surface area contributed by atoms with Crippen molar-refractivity contribution in [1.82, 2.24) is 5.32 Å². The van der Waals surface area contributed by atoms with Gasteiger partial charge < -0.3 is 9.47 Å². The highest BCUT2D eigenvalue weighted by molar-refractivity contribution is 5.60. The molecule has 1 unspecified atom stereocenters. The van der Waals surface area contributed by atoms with Crippen molar-refractivity contribution < 1.29 is 14.3 Å². The molecule has 1 saturated heterocycles. The SMILES string of the molecule is CCOC(=O)OC1C[C@H]2CCCCC[C@H]2N1. The molecule has 1 aliphatic carbocycles. The number of hydrogen-bond donors (Lipinski definition) is 1. The predicted molar refractivity (Wildman–Crippen MR) is 60.0 cm³/mol. The number of nitrogens with one attached hydrogen (secondary N) is 1. The van der Waals surface area contributed by atoms with Crippen LogP contribution in [0.5, 0.6) is 0 Å². The molecule has 4 nitrogen and oxygen atoms in total. The average Bonchev–Trinajstić information content (AvgIpc) is 2.48. The molecule has 1 N–H and O–H groups in total. The topological polar surface area (TPSA) is 47.6 Å². The maximum atomic E-state index is 11.2. The zero-order chi connectivity index (χ0) is 11.4. The lowest BCUT2D eigenvalue weighted by atomic mass is 9.96. The van der Waals surface area contributed by atoms with Crippen molar-refractivity contribution in [2.24, 2.45) is 5.92 Å². The molecule has 0 amide bonds. The van der Waals surface area contributed by atoms with Gasteiger partial charge in [0, 0.05) is 12.5 Å². The third kappa shape index (κ3) is 2.88. The summed E-state index contributed by atoms with van der Waals surface area (Å²) in [5.41, 5.74) is 0. The van der Waals surface area contributed by atoms with Gasteiger partial charge in [-0.25, -0.2) is 4.79 Å². The summed E-state index contributed by atoms with van der Waals surface area (Å²) in [5, 5.41) is 3.40. The maximum Gasteiger partial charge on any atom is 0.509 e. The van der Waals surface area contributed by atoms with Gasteiger partial charge in [-0.15, -0.1) is 0 Å². The first-order valence-corrected chi connectivity index (χ1v) is 6.39. The first-order valence-electron chi connectivity index (χ1n) is 6.39. The summed E-state index contributed by atoms with van der Waals surface area (Å²) in [6.07, 6.45) is 6.70. The molecule has 2 fully saturated rings. The lowest BCUT2D eigenvalue weighted by molar-refractivity contribution is 0.0188. The van der Waals surface area contributed by atoms with E-state index in [4.69, 9.17) is 9.47 Å². The Kier molecular flexibility index (Phi) is 4.04. The molecule has 2 aliphatic rings. The Bertz CT molecular complexity index is 230. The Morgan fingerprint density at radius 3 is 2.94 bits per heavy atom. The van der Waals surface area contributed by atoms with Crippen LogP contribution < -0.4 is 5.32 Å². The normalized spacial score (nSPS) is 33.9. The van der Waals surface area contributed by atoms with Crippen LogP contribution in [0, 0.1) is 5.92 Å². The predicted octanol–water partition coefficient (Wildman–Crippen LogP) is 2.43. The Morgan fingerprint density at radius 2 is 2.12 bits per heavy atom. The molecule has 4 heteroatoms. The highest BCUT2D eigenvalue weighted by Crippen LogP contribution is 2.32. The average molecular weight is 227 g/mol. The Morgan fingerprint density at radius 1 is 1.31 bits per heavy atom. The molecule has 92 valence electrons. The molecule has 0 aromatic rings. The number of hydrogen-bond acceptors (Lipinski definition) is 4. The third-order valence-corrected chi connectivity index (χ3v) is 3.58. The van der Waals surface area contributed by atoms with Crippen LogP contribution in [0.25, 0.3) is 0 Å². The fourth-order valence-corrected chi connectivity index (χ4v) is 2.82. The van der Waals surface area contributed by atoms with Gasteiger partial charge in [0.15, 0.2) is 6.23 Å². The van der Waals surface area contributed by atoms with E-state index in [2.05, 4.69) is 5.32 Å². The van der Waals surface area contributed by atoms with Gasteiger partial charge in [-0.2, -0.15) is 0 Å². The van der Waals surface area contributed by atoms with Crippen molar-refractivity contribution in [2.45, 2.75) is 57.7 Å². The van der Waals surface area contributed by atoms with E-state index in [1.165, 1.54) is 32.1 Å². The lowest BCUT2D eigenvalue weighted by Crippen LogP contribution is -2.34. The van der Waals surface area contributed by atoms with E-state index in [0.29, 0.717) is 18.6 Å². The monoisotopic (exact) mass is 227 g/mol. The minimum Gasteiger partial charge on any atom is -0.435 e. The molecule has 0 radical (unpaired) electrons. The van der Waals surface area contributed by atoms with E-state index in [0.717, 1.165) is 6.42 Å². The molecule has 0 aromatic heterocycles. The van der Waals surface area contributed by atoms with Gasteiger partial charge in [0.05, 0.1) is 6.61 Å². The lowest BCUT2D eigenvalue weighted by Gasteiger charge is -2.15. The van der Waals surface area contributed by atoms with Gasteiger partial charge in [-0.05, 0) is 25.7 Å². The molecule has 16 heavy (non-hydrogen) atoms. The van der Waals surface area contributed by atoms with Gasteiger partial charge in [0.2, 0.25) is 0 Å². The summed E-state index contributed by atoms with van der Waals surface area (Å²) in [6, 6.07) is 0.543. The number of carbonyl (C=O) groups is 1. The summed E-state index contributed by atoms with van der Waals surface area (Å²) < 4.78 is 9.99. The van der Waals surface area contributed by atoms with Crippen LogP contribution in [-0.2, 0) is 9.47 Å². The molecule has 0 bridgehead atoms. The van der Waals surface area contributed by atoms with Crippen molar-refractivity contribution in [3.05, 3.63) is 0 Å². The van der Waals surface area contributed by atoms with Crippen molar-refractivity contribution in [3.8, 4) is 0 Å². The third-order valence-electron chi connectivity index (χ3n) is 3.58. The van der Waals surface area contributed by atoms with Crippen LogP contribution in [0.1, 0.15) is 45.4 Å². The van der Waals surface area contributed by atoms with E-state index in [-0.39, 0.29) is 6.23 Å². The highest BCUT2D eigenvalue weighted by atomic mass is 16.7. The number of rotatable bonds is 2. The summed E-state index contributed by atoms with van der Waals surface area (Å²) >= 11 is 0. The molecule has 3 atom stereocenters. The minimum absolute atomic E-state index is 0.132. The van der Waals surface area contributed by atoms with Gasteiger partial charge in [0.1, 0.15) is 0 Å². The molecule has 1 aliphatic heterocycles. The molecular weight excluding hydrogens is 206 g/mol. The number of fused-ring (bicyclic) bond motifs is 1. The van der Waals surface area contributed by atoms with Crippen LogP contribution >= 0.6 is 0 Å². The Labute approximate surface area is 96.7 Å². The summed E-state index contributed by atoms with van der Waals surface area (Å²) in [6.45, 7) is 2.16. The van der Waals surface area contributed by atoms with E-state index in [1.54, 1.807) is 6.92 Å². The molecule has 1 heterocycles. The fourth-order valence-electron chi connectivity index (χ4n) is 2.82. The van der Waals surface area contributed by atoms with E-state index in [9.17, 15) is 4.79 Å². The van der Waals surface area contributed by atoms with Crippen LogP contribution in [0.4, 0.5) is 4.79 Å². The number of carbonyl (C=O) groups excluding carboxylic acids is 1. The maximum absolute atomic E-state index is 11.2. The van der Waals surface area contributed by atoms with Crippen LogP contribution in [0.2, 0.25) is 0 Å². The standard InChI is InChI=1S/C12H21NO3/c1-2-15-12(14)16-11-8-9-6-4-3-5-7-10(9)13-11/h9-11,13H,2-8H2,1H3/t9-,10-,11?/m1/s1. The molecule has 0 aromatic carbocycles. The minimum atomic E-state index is -0.545. The first-order chi connectivity index (χ1) is 7.79. The molecular formula is C12H21NO3. The van der Waals surface area contributed by atoms with Crippen LogP contribution in [0.3, 0.4) is 0 Å². The van der Waals surface area contributed by atoms with E-state index in [1.807, 2.05) is 0 Å². The second-order valence-electron chi connectivity index (χ2n) is 4.70. The van der Waals surface area contributed by atoms with Gasteiger partial charge in [-0.1, -0.05) is 19.3 Å². The molecule has 0 spiro atoms. The van der Waals surface area contributed by atoms with Crippen LogP contribution in [0.15, 0.2) is 0 Å². The van der Waals surface area contributed by atoms with Crippen LogP contribution in [-0.4, -0.2) is 25.0 Å². The van der Waals surface area contributed by atoms with E-state index >= 15 is 0 Å². The zero-order valence-electron chi connectivity index (χ0n) is 9.91. The second kappa shape index (κ2) is 5.53. The summed E-state index contributed by atoms with van der Waals surface area (Å²) in [5.74, 6) is 0.682. The van der Waals surface area contributed by atoms with Crippen molar-refractivity contribution in [1.29, 1.82) is 0 Å². The van der Waals surface area contributed by atoms with Crippen molar-refractivity contribution >= 4 is 6.16 Å². The van der Waals surface area contributed by atoms with Crippen molar-refractivity contribution in [3.63, 3.8) is 0 Å². The Balaban J connectivity index is 1.80. The quantitative estimate of drug-likeness (QED) is 0.736. The Hall–Kier alpha value is -0.770. The summed E-state index contributed by atoms with van der Waals surface area (Å²) in [4.78, 5) is 11.2. The highest BCUT2D eigenvalue weighted by Gasteiger charge is 2.36. The van der Waals surface area contributed by atoms with Crippen molar-refractivity contribution in [2.75, 3.05) is 6.61 Å². The zero-order valence-corrected chi connectivity index (χ0v) is 9.91. The largest absolute Gasteiger partial charge is 0.509 e. The fraction of sp³-hybridized carbons (Fsp3) is 0.917. The van der Waals surface area contributed by atoms with Gasteiger partial charge in [0.25, 0.3) is 0 Å². The summed E-state index contributed by atoms with van der Waals surface area (Å²) in [7, 11) is 0. The molecule has 1 saturated carbocycles. The van der Waals surface area contributed by atoms with E-state index < -0.39 is 6.16 Å². The first kappa shape index (κ1) is 11.7. The second-order valence-corrected chi connectivity index (χ2v) is 4.70. The number of ether oxygens (including phenoxy) is 2. The van der Waals surface area contributed by atoms with Gasteiger partial charge >= 0.3 is 6.16 Å².